The molecule has 1 unspecified atom stereocenters. The highest BCUT2D eigenvalue weighted by Crippen LogP contribution is 2.20. The largest absolute Gasteiger partial charge is 0.497 e. The van der Waals surface area contributed by atoms with Gasteiger partial charge in [-0.2, -0.15) is 0 Å². The molecule has 0 heterocycles. The Labute approximate surface area is 125 Å². The monoisotopic (exact) mass is 293 g/mol. The van der Waals surface area contributed by atoms with Crippen LogP contribution in [0.15, 0.2) is 24.3 Å². The third kappa shape index (κ3) is 4.77. The lowest BCUT2D eigenvalue weighted by Crippen LogP contribution is -2.41. The second-order valence-electron chi connectivity index (χ2n) is 4.73. The molecule has 0 aliphatic heterocycles. The van der Waals surface area contributed by atoms with Crippen LogP contribution in [-0.2, 0) is 14.3 Å². The molecule has 0 radical (unpaired) electrons. The summed E-state index contributed by atoms with van der Waals surface area (Å²) in [6.45, 7) is 5.41. The molecule has 116 valence electrons. The fraction of sp³-hybridized carbons (Fsp3) is 0.500. The maximum atomic E-state index is 12.1. The van der Waals surface area contributed by atoms with Gasteiger partial charge >= 0.3 is 5.97 Å². The summed E-state index contributed by atoms with van der Waals surface area (Å²) in [6, 6.07) is 6.51. The molecule has 5 heteroatoms. The van der Waals surface area contributed by atoms with Gasteiger partial charge < -0.3 is 14.8 Å². The van der Waals surface area contributed by atoms with Gasteiger partial charge in [0.2, 0.25) is 0 Å². The van der Waals surface area contributed by atoms with Gasteiger partial charge in [0.05, 0.1) is 13.7 Å². The highest BCUT2D eigenvalue weighted by molar-refractivity contribution is 5.89. The van der Waals surface area contributed by atoms with Crippen molar-refractivity contribution in [1.29, 1.82) is 0 Å². The summed E-state index contributed by atoms with van der Waals surface area (Å²) in [5.41, 5.74) is 0.744. The summed E-state index contributed by atoms with van der Waals surface area (Å²) in [4.78, 5) is 23.9. The molecule has 2 atom stereocenters. The number of methoxy groups -OCH3 is 1. The molecule has 1 aromatic carbocycles. The van der Waals surface area contributed by atoms with E-state index in [9.17, 15) is 9.59 Å². The standard InChI is InChI=1S/C16H23NO4/c1-5-14(11(3)18)15(16(19)21-6-2)17-12-7-9-13(20-4)10-8-12/h7-10,14-15,17H,5-6H2,1-4H3/t14-,15?/m0/s1. The normalized spacial score (nSPS) is 13.1. The number of Topliss-reactive ketones (excluding diaryl/α,β-unsaturated/α-hetero) is 1. The van der Waals surface area contributed by atoms with Crippen molar-refractivity contribution < 1.29 is 19.1 Å². The Morgan fingerprint density at radius 1 is 1.19 bits per heavy atom. The molecule has 0 aromatic heterocycles. The molecule has 1 rings (SSSR count). The second-order valence-corrected chi connectivity index (χ2v) is 4.73. The SMILES string of the molecule is CCOC(=O)C(Nc1ccc(OC)cc1)[C@@H](CC)C(C)=O. The second kappa shape index (κ2) is 8.29. The van der Waals surface area contributed by atoms with E-state index in [1.54, 1.807) is 38.3 Å². The number of esters is 1. The van der Waals surface area contributed by atoms with Gasteiger partial charge in [0.1, 0.15) is 17.6 Å². The summed E-state index contributed by atoms with van der Waals surface area (Å²) in [5, 5.41) is 3.10. The Morgan fingerprint density at radius 3 is 2.24 bits per heavy atom. The molecule has 1 N–H and O–H groups in total. The first kappa shape index (κ1) is 17.0. The van der Waals surface area contributed by atoms with Gasteiger partial charge in [-0.15, -0.1) is 0 Å². The third-order valence-electron chi connectivity index (χ3n) is 3.32. The molecule has 0 spiro atoms. The van der Waals surface area contributed by atoms with Crippen LogP contribution in [0.2, 0.25) is 0 Å². The Hall–Kier alpha value is -2.04. The lowest BCUT2D eigenvalue weighted by molar-refractivity contribution is -0.147. The quantitative estimate of drug-likeness (QED) is 0.746. The molecular weight excluding hydrogens is 270 g/mol. The molecule has 0 amide bonds. The summed E-state index contributed by atoms with van der Waals surface area (Å²) < 4.78 is 10.2. The Kier molecular flexibility index (Phi) is 6.72. The van der Waals surface area contributed by atoms with E-state index in [1.165, 1.54) is 6.92 Å². The van der Waals surface area contributed by atoms with E-state index in [0.717, 1.165) is 11.4 Å². The molecule has 1 aromatic rings. The number of benzene rings is 1. The molecule has 0 saturated heterocycles. The van der Waals surface area contributed by atoms with Gasteiger partial charge in [-0.3, -0.25) is 4.79 Å². The number of carbonyl (C=O) groups excluding carboxylic acids is 2. The molecule has 0 saturated carbocycles. The number of anilines is 1. The van der Waals surface area contributed by atoms with Crippen LogP contribution < -0.4 is 10.1 Å². The average Bonchev–Trinajstić information content (AvgIpc) is 2.47. The van der Waals surface area contributed by atoms with Crippen molar-refractivity contribution in [3.63, 3.8) is 0 Å². The molecule has 0 aliphatic carbocycles. The zero-order valence-electron chi connectivity index (χ0n) is 13.0. The zero-order valence-corrected chi connectivity index (χ0v) is 13.0. The number of nitrogens with one attached hydrogen (secondary N) is 1. The Balaban J connectivity index is 2.94. The minimum Gasteiger partial charge on any atom is -0.497 e. The van der Waals surface area contributed by atoms with Crippen LogP contribution >= 0.6 is 0 Å². The highest BCUT2D eigenvalue weighted by Gasteiger charge is 2.31. The van der Waals surface area contributed by atoms with Crippen LogP contribution in [0.1, 0.15) is 27.2 Å². The highest BCUT2D eigenvalue weighted by atomic mass is 16.5. The van der Waals surface area contributed by atoms with Crippen LogP contribution in [-0.4, -0.2) is 31.5 Å². The fourth-order valence-corrected chi connectivity index (χ4v) is 2.18. The fourth-order valence-electron chi connectivity index (χ4n) is 2.18. The average molecular weight is 293 g/mol. The number of hydrogen-bond donors (Lipinski definition) is 1. The maximum absolute atomic E-state index is 12.1. The van der Waals surface area contributed by atoms with Gasteiger partial charge in [0.15, 0.2) is 0 Å². The van der Waals surface area contributed by atoms with Crippen molar-refractivity contribution in [2.75, 3.05) is 19.0 Å². The van der Waals surface area contributed by atoms with Crippen LogP contribution in [0, 0.1) is 5.92 Å². The van der Waals surface area contributed by atoms with E-state index >= 15 is 0 Å². The number of rotatable bonds is 8. The van der Waals surface area contributed by atoms with Gasteiger partial charge in [0.25, 0.3) is 0 Å². The summed E-state index contributed by atoms with van der Waals surface area (Å²) in [6.07, 6.45) is 0.571. The Bertz CT molecular complexity index is 470. The first-order valence-electron chi connectivity index (χ1n) is 7.11. The molecule has 5 nitrogen and oxygen atoms in total. The molecule has 21 heavy (non-hydrogen) atoms. The number of ketones is 1. The first-order valence-corrected chi connectivity index (χ1v) is 7.11. The Morgan fingerprint density at radius 2 is 1.81 bits per heavy atom. The lowest BCUT2D eigenvalue weighted by atomic mass is 9.92. The minimum atomic E-state index is -0.680. The van der Waals surface area contributed by atoms with Crippen molar-refractivity contribution in [3.8, 4) is 5.75 Å². The summed E-state index contributed by atoms with van der Waals surface area (Å²) >= 11 is 0. The van der Waals surface area contributed by atoms with Crippen molar-refractivity contribution in [3.05, 3.63) is 24.3 Å². The van der Waals surface area contributed by atoms with E-state index in [1.807, 2.05) is 6.92 Å². The van der Waals surface area contributed by atoms with Crippen molar-refractivity contribution in [2.45, 2.75) is 33.2 Å². The van der Waals surface area contributed by atoms with E-state index in [-0.39, 0.29) is 12.4 Å². The van der Waals surface area contributed by atoms with Crippen LogP contribution in [0.4, 0.5) is 5.69 Å². The van der Waals surface area contributed by atoms with Crippen LogP contribution in [0.5, 0.6) is 5.75 Å². The minimum absolute atomic E-state index is 0.0310. The summed E-state index contributed by atoms with van der Waals surface area (Å²) in [5.74, 6) is -0.120. The smallest absolute Gasteiger partial charge is 0.329 e. The predicted molar refractivity (Wildman–Crippen MR) is 81.5 cm³/mol. The topological polar surface area (TPSA) is 64.6 Å². The van der Waals surface area contributed by atoms with Gasteiger partial charge in [-0.05, 0) is 44.5 Å². The maximum Gasteiger partial charge on any atom is 0.329 e. The van der Waals surface area contributed by atoms with E-state index < -0.39 is 17.9 Å². The van der Waals surface area contributed by atoms with Gasteiger partial charge in [-0.1, -0.05) is 6.92 Å². The molecule has 0 aliphatic rings. The number of ether oxygens (including phenoxy) is 2. The molecule has 0 bridgehead atoms. The van der Waals surface area contributed by atoms with Crippen molar-refractivity contribution in [1.82, 2.24) is 0 Å². The molecular formula is C16H23NO4. The van der Waals surface area contributed by atoms with Gasteiger partial charge in [-0.25, -0.2) is 4.79 Å². The third-order valence-corrected chi connectivity index (χ3v) is 3.32. The van der Waals surface area contributed by atoms with Crippen LogP contribution in [0.25, 0.3) is 0 Å². The predicted octanol–water partition coefficient (Wildman–Crippen LogP) is 2.65. The molecule has 0 fully saturated rings. The number of carbonyl (C=O) groups is 2. The zero-order chi connectivity index (χ0) is 15.8. The summed E-state index contributed by atoms with van der Waals surface area (Å²) in [7, 11) is 1.59. The van der Waals surface area contributed by atoms with E-state index in [4.69, 9.17) is 9.47 Å². The number of hydrogen-bond acceptors (Lipinski definition) is 5. The van der Waals surface area contributed by atoms with Gasteiger partial charge in [0, 0.05) is 11.6 Å². The van der Waals surface area contributed by atoms with E-state index in [2.05, 4.69) is 5.32 Å². The van der Waals surface area contributed by atoms with E-state index in [0.29, 0.717) is 6.42 Å². The lowest BCUT2D eigenvalue weighted by Gasteiger charge is -2.24. The van der Waals surface area contributed by atoms with Crippen LogP contribution in [0.3, 0.4) is 0 Å². The first-order chi connectivity index (χ1) is 10.0. The van der Waals surface area contributed by atoms with Crippen molar-refractivity contribution >= 4 is 17.4 Å². The van der Waals surface area contributed by atoms with Crippen molar-refractivity contribution in [2.24, 2.45) is 5.92 Å².